The monoisotopic (exact) mass is 937 g/mol. The number of cyclic esters (lactones) is 1. The average molecular weight is 939 g/mol. The zero-order valence-corrected chi connectivity index (χ0v) is 36.6. The van der Waals surface area contributed by atoms with Gasteiger partial charge in [-0.1, -0.05) is 0 Å². The predicted octanol–water partition coefficient (Wildman–Crippen LogP) is -0.232. The lowest BCUT2D eigenvalue weighted by Gasteiger charge is -2.26. The zero-order valence-electron chi connectivity index (χ0n) is 33.1. The molecular formula is C26H53Cl3O21S4. The van der Waals surface area contributed by atoms with Gasteiger partial charge in [0.2, 0.25) is 23.3 Å². The van der Waals surface area contributed by atoms with Gasteiger partial charge in [-0.25, -0.2) is 16.8 Å². The first-order chi connectivity index (χ1) is 24.9. The van der Waals surface area contributed by atoms with Gasteiger partial charge in [0.25, 0.3) is 20.2 Å². The summed E-state index contributed by atoms with van der Waals surface area (Å²) in [6.07, 6.45) is 0.984. The Hall–Kier alpha value is -1.49. The van der Waals surface area contributed by atoms with E-state index in [0.29, 0.717) is 12.8 Å². The second kappa shape index (κ2) is 28.8. The first kappa shape index (κ1) is 59.2. The number of carbonyl (C=O) groups excluding carboxylic acids is 4. The number of methoxy groups -OCH3 is 2. The lowest BCUT2D eigenvalue weighted by molar-refractivity contribution is -0.155. The van der Waals surface area contributed by atoms with Crippen LogP contribution >= 0.6 is 33.0 Å². The summed E-state index contributed by atoms with van der Waals surface area (Å²) < 4.78 is 116. The highest BCUT2D eigenvalue weighted by Crippen LogP contribution is 2.18. The molecule has 28 heteroatoms. The molecule has 1 aliphatic heterocycles. The fourth-order valence-electron chi connectivity index (χ4n) is 2.26. The number of aliphatic hydroxyl groups excluding tert-OH is 2. The fourth-order valence-corrected chi connectivity index (χ4v) is 5.69. The van der Waals surface area contributed by atoms with Crippen LogP contribution in [0, 0.1) is 0 Å². The normalized spacial score (nSPS) is 15.3. The third-order valence-corrected chi connectivity index (χ3v) is 9.04. The second-order valence-corrected chi connectivity index (χ2v) is 21.0. The second-order valence-electron chi connectivity index (χ2n) is 11.8. The molecule has 1 heterocycles. The molecule has 0 unspecified atom stereocenters. The first-order valence-electron chi connectivity index (χ1n) is 15.5. The summed E-state index contributed by atoms with van der Waals surface area (Å²) in [7, 11) is -2.63. The van der Waals surface area contributed by atoms with Gasteiger partial charge in [0.1, 0.15) is 11.4 Å². The molecule has 0 saturated carbocycles. The molecule has 21 nitrogen and oxygen atoms in total. The molecule has 4 N–H and O–H groups in total. The molecule has 0 aromatic carbocycles. The van der Waals surface area contributed by atoms with Crippen LogP contribution in [0.4, 0.5) is 0 Å². The van der Waals surface area contributed by atoms with E-state index in [1.54, 1.807) is 27.7 Å². The van der Waals surface area contributed by atoms with Gasteiger partial charge in [-0.15, -0.1) is 0 Å². The van der Waals surface area contributed by atoms with Crippen LogP contribution < -0.4 is 0 Å². The molecule has 0 aliphatic carbocycles. The molecule has 328 valence electrons. The van der Waals surface area contributed by atoms with Gasteiger partial charge < -0.3 is 34.6 Å². The van der Waals surface area contributed by atoms with Crippen LogP contribution in [-0.4, -0.2) is 158 Å². The topological polar surface area (TPSA) is 332 Å². The van der Waals surface area contributed by atoms with Crippen molar-refractivity contribution in [2.45, 2.75) is 77.6 Å². The van der Waals surface area contributed by atoms with E-state index >= 15 is 0 Å². The van der Waals surface area contributed by atoms with Crippen LogP contribution in [0.15, 0.2) is 0 Å². The minimum atomic E-state index is -3.90. The molecule has 1 aliphatic rings. The van der Waals surface area contributed by atoms with E-state index < -0.39 is 101 Å². The summed E-state index contributed by atoms with van der Waals surface area (Å²) in [4.78, 5) is 41.5. The standard InChI is InChI=1S/C8H16O6S.C7H12O5S.C5H12O2.C3H5ClO4S.C2H2Cl2O3S.CH4O.H2/c1-8(2,10)4-5-14-15(11,12)6-7(9)13-3;1-7(2)3-4-11-13(9,10)5-6(8)12-7;1-5(2,7)3-4-6;1-8-3(5)2-9(4,6)7;3-2(5)1-8(4,6)7;1-2;/h10H,4-6H2,1-3H3;3-5H2,1-2H3;6-7H,3-4H2,1-2H3;2H2,1H3;1H2;2H,1H3;1H/i;;;;;;1+2D. The van der Waals surface area contributed by atoms with E-state index in [2.05, 4.69) is 50.8 Å². The Morgan fingerprint density at radius 2 is 1.30 bits per heavy atom. The van der Waals surface area contributed by atoms with Gasteiger partial charge in [-0.3, -0.25) is 27.5 Å². The quantitative estimate of drug-likeness (QED) is 0.0849. The van der Waals surface area contributed by atoms with Crippen molar-refractivity contribution in [1.29, 1.82) is 0 Å². The predicted molar refractivity (Wildman–Crippen MR) is 198 cm³/mol. The number of rotatable bonds is 12. The summed E-state index contributed by atoms with van der Waals surface area (Å²) in [5, 5.41) is 32.4. The molecule has 1 saturated heterocycles. The third kappa shape index (κ3) is 54.9. The molecule has 0 aromatic heterocycles. The van der Waals surface area contributed by atoms with Gasteiger partial charge in [-0.2, -0.15) is 16.8 Å². The Morgan fingerprint density at radius 3 is 1.57 bits per heavy atom. The maximum Gasteiger partial charge on any atom is 0.324 e. The summed E-state index contributed by atoms with van der Waals surface area (Å²) in [6, 6.07) is 0. The van der Waals surface area contributed by atoms with Gasteiger partial charge in [0.05, 0.1) is 38.6 Å². The Labute approximate surface area is 333 Å². The lowest BCUT2D eigenvalue weighted by atomic mass is 10.1. The number of esters is 3. The van der Waals surface area contributed by atoms with Gasteiger partial charge >= 0.3 is 17.9 Å². The Balaban J connectivity index is -0.000000140. The average Bonchev–Trinajstić information content (AvgIpc) is 2.95. The molecule has 0 amide bonds. The Kier molecular flexibility index (Phi) is 31.6. The van der Waals surface area contributed by atoms with E-state index in [1.165, 1.54) is 13.8 Å². The summed E-state index contributed by atoms with van der Waals surface area (Å²) >= 11 is 4.66. The largest absolute Gasteiger partial charge is 0.468 e. The minimum absolute atomic E-state index is 0.0581. The van der Waals surface area contributed by atoms with E-state index in [0.717, 1.165) is 21.3 Å². The molecule has 54 heavy (non-hydrogen) atoms. The van der Waals surface area contributed by atoms with Gasteiger partial charge in [0, 0.05) is 50.9 Å². The molecule has 1 fully saturated rings. The summed E-state index contributed by atoms with van der Waals surface area (Å²) in [5.41, 5.74) is -2.34. The van der Waals surface area contributed by atoms with Gasteiger partial charge in [0.15, 0.2) is 17.3 Å². The minimum Gasteiger partial charge on any atom is -0.468 e. The van der Waals surface area contributed by atoms with E-state index in [1.807, 2.05) is 0 Å². The zero-order chi connectivity index (χ0) is 46.4. The van der Waals surface area contributed by atoms with E-state index in [-0.39, 0.29) is 26.2 Å². The molecule has 0 atom stereocenters. The number of hydrogen-bond acceptors (Lipinski definition) is 21. The Morgan fingerprint density at radius 1 is 0.889 bits per heavy atom. The van der Waals surface area contributed by atoms with Crippen LogP contribution in [-0.2, 0) is 80.1 Å². The molecule has 0 radical (unpaired) electrons. The maximum absolute atomic E-state index is 11.1. The molecule has 0 spiro atoms. The number of halogens is 3. The number of hydrogen-bond donors (Lipinski definition) is 4. The van der Waals surface area contributed by atoms with E-state index in [4.69, 9.17) is 23.0 Å². The molecule has 0 bridgehead atoms. The van der Waals surface area contributed by atoms with Crippen molar-refractivity contribution >= 4 is 94.5 Å². The first-order valence-corrected chi connectivity index (χ1v) is 23.0. The van der Waals surface area contributed by atoms with Crippen molar-refractivity contribution in [1.82, 2.24) is 0 Å². The van der Waals surface area contributed by atoms with Crippen molar-refractivity contribution in [3.63, 3.8) is 0 Å². The molecule has 0 aromatic rings. The SMILES string of the molecule is CC(C)(O)CCO.CC1(C)CCOS(=O)(=O)CC(=O)O1.CO.COC(=O)CS(=O)(=O)Cl.COC(=O)CS(=O)(=O)OCCC(C)(C)O.O=C(Cl)CS(=O)(=O)Cl.[2H][3H]. The van der Waals surface area contributed by atoms with Crippen LogP contribution in [0.1, 0.15) is 63.8 Å². The number of aliphatic hydroxyl groups is 4. The summed E-state index contributed by atoms with van der Waals surface area (Å²) in [5.74, 6) is -5.58. The fraction of sp³-hybridized carbons (Fsp3) is 0.846. The van der Waals surface area contributed by atoms with Crippen molar-refractivity contribution in [3.05, 3.63) is 0 Å². The lowest BCUT2D eigenvalue weighted by Crippen LogP contribution is -2.36. The van der Waals surface area contributed by atoms with Crippen LogP contribution in [0.5, 0.6) is 0 Å². The highest BCUT2D eigenvalue weighted by Gasteiger charge is 2.30. The Bertz CT molecular complexity index is 1560. The van der Waals surface area contributed by atoms with Crippen molar-refractivity contribution in [2.75, 3.05) is 64.2 Å². The van der Waals surface area contributed by atoms with Crippen molar-refractivity contribution in [2.24, 2.45) is 0 Å². The number of carbonyl (C=O) groups is 4. The smallest absolute Gasteiger partial charge is 0.324 e. The van der Waals surface area contributed by atoms with Crippen molar-refractivity contribution in [3.8, 4) is 0 Å². The van der Waals surface area contributed by atoms with Crippen LogP contribution in [0.2, 0.25) is 0 Å². The highest BCUT2D eigenvalue weighted by atomic mass is 35.7. The summed E-state index contributed by atoms with van der Waals surface area (Å²) in [6.45, 7) is 9.78. The highest BCUT2D eigenvalue weighted by molar-refractivity contribution is 8.14. The van der Waals surface area contributed by atoms with Gasteiger partial charge in [-0.05, 0) is 59.6 Å². The van der Waals surface area contributed by atoms with Crippen LogP contribution in [0.25, 0.3) is 0 Å². The third-order valence-electron chi connectivity index (χ3n) is 4.68. The molecular weight excluding hydrogens is 883 g/mol. The maximum atomic E-state index is 11.1. The van der Waals surface area contributed by atoms with E-state index in [9.17, 15) is 58.0 Å². The molecule has 1 rings (SSSR count). The van der Waals surface area contributed by atoms with Crippen LogP contribution in [0.3, 0.4) is 0 Å². The number of ether oxygens (including phenoxy) is 3. The van der Waals surface area contributed by atoms with Crippen molar-refractivity contribution < 1.29 is 98.8 Å².